The predicted octanol–water partition coefficient (Wildman–Crippen LogP) is -1.36. The fraction of sp³-hybridized carbons (Fsp3) is 0.222. The molecule has 2 heterocycles. The third-order valence-corrected chi connectivity index (χ3v) is 2.13. The van der Waals surface area contributed by atoms with E-state index in [1.54, 1.807) is 0 Å². The third kappa shape index (κ3) is 2.36. The van der Waals surface area contributed by atoms with Crippen LogP contribution in [0.1, 0.15) is 10.5 Å². The van der Waals surface area contributed by atoms with Crippen LogP contribution in [0.5, 0.6) is 0 Å². The fourth-order valence-electron chi connectivity index (χ4n) is 1.39. The maximum atomic E-state index is 11.1. The largest absolute Gasteiger partial charge is 0.476 e. The Bertz CT molecular complexity index is 468. The number of carbonyl (C=O) groups is 3. The molecule has 1 aliphatic heterocycles. The topological polar surface area (TPSA) is 112 Å². The minimum Gasteiger partial charge on any atom is -0.476 e. The van der Waals surface area contributed by atoms with Crippen molar-refractivity contribution in [2.24, 2.45) is 0 Å². The highest BCUT2D eigenvalue weighted by atomic mass is 16.4. The lowest BCUT2D eigenvalue weighted by Gasteiger charge is -2.25. The van der Waals surface area contributed by atoms with Crippen molar-refractivity contribution in [1.82, 2.24) is 15.3 Å². The van der Waals surface area contributed by atoms with Crippen molar-refractivity contribution in [3.05, 3.63) is 18.1 Å². The normalized spacial score (nSPS) is 15.6. The Morgan fingerprint density at radius 1 is 1.24 bits per heavy atom. The van der Waals surface area contributed by atoms with Gasteiger partial charge in [-0.1, -0.05) is 0 Å². The fourth-order valence-corrected chi connectivity index (χ4v) is 1.39. The van der Waals surface area contributed by atoms with Gasteiger partial charge in [0.1, 0.15) is 5.82 Å². The first-order valence-electron chi connectivity index (χ1n) is 4.69. The molecule has 2 N–H and O–H groups in total. The number of anilines is 1. The minimum absolute atomic E-state index is 0.00711. The van der Waals surface area contributed by atoms with E-state index in [2.05, 4.69) is 15.3 Å². The van der Waals surface area contributed by atoms with Gasteiger partial charge in [-0.3, -0.25) is 14.9 Å². The number of imide groups is 1. The van der Waals surface area contributed by atoms with E-state index in [1.165, 1.54) is 11.1 Å². The summed E-state index contributed by atoms with van der Waals surface area (Å²) in [5.74, 6) is -1.74. The van der Waals surface area contributed by atoms with Gasteiger partial charge in [-0.15, -0.1) is 0 Å². The molecule has 2 amide bonds. The summed E-state index contributed by atoms with van der Waals surface area (Å²) < 4.78 is 0. The van der Waals surface area contributed by atoms with Crippen molar-refractivity contribution in [1.29, 1.82) is 0 Å². The first-order valence-corrected chi connectivity index (χ1v) is 4.69. The van der Waals surface area contributed by atoms with Gasteiger partial charge in [0.25, 0.3) is 0 Å². The second kappa shape index (κ2) is 4.16. The average molecular weight is 236 g/mol. The standard InChI is InChI=1S/C9H8N4O4/c14-7-3-13(4-8(15)12-7)6-2-10-5(1-11-6)9(16)17/h1-2H,3-4H2,(H,16,17)(H,12,14,15). The summed E-state index contributed by atoms with van der Waals surface area (Å²) in [6.07, 6.45) is 2.30. The lowest BCUT2D eigenvalue weighted by Crippen LogP contribution is -2.51. The summed E-state index contributed by atoms with van der Waals surface area (Å²) in [7, 11) is 0. The second-order valence-corrected chi connectivity index (χ2v) is 3.39. The van der Waals surface area contributed by atoms with Gasteiger partial charge in [-0.25, -0.2) is 14.8 Å². The van der Waals surface area contributed by atoms with Gasteiger partial charge in [0, 0.05) is 0 Å². The maximum Gasteiger partial charge on any atom is 0.356 e. The number of carbonyl (C=O) groups excluding carboxylic acids is 2. The number of nitrogens with one attached hydrogen (secondary N) is 1. The Morgan fingerprint density at radius 2 is 1.88 bits per heavy atom. The van der Waals surface area contributed by atoms with Crippen LogP contribution in [-0.4, -0.2) is 45.9 Å². The van der Waals surface area contributed by atoms with E-state index >= 15 is 0 Å². The predicted molar refractivity (Wildman–Crippen MR) is 54.4 cm³/mol. The van der Waals surface area contributed by atoms with Crippen molar-refractivity contribution in [3.63, 3.8) is 0 Å². The number of nitrogens with zero attached hydrogens (tertiary/aromatic N) is 3. The molecule has 8 heteroatoms. The van der Waals surface area contributed by atoms with E-state index in [9.17, 15) is 14.4 Å². The molecule has 0 aromatic carbocycles. The highest BCUT2D eigenvalue weighted by molar-refractivity contribution is 6.02. The lowest BCUT2D eigenvalue weighted by atomic mass is 10.3. The molecule has 1 aromatic heterocycles. The monoisotopic (exact) mass is 236 g/mol. The van der Waals surface area contributed by atoms with Crippen molar-refractivity contribution in [3.8, 4) is 0 Å². The van der Waals surface area contributed by atoms with Gasteiger partial charge in [-0.2, -0.15) is 0 Å². The molecule has 17 heavy (non-hydrogen) atoms. The average Bonchev–Trinajstić information content (AvgIpc) is 2.28. The molecule has 0 atom stereocenters. The molecule has 2 rings (SSSR count). The number of rotatable bonds is 2. The number of aromatic nitrogens is 2. The van der Waals surface area contributed by atoms with Crippen LogP contribution in [0.4, 0.5) is 5.82 Å². The van der Waals surface area contributed by atoms with Crippen molar-refractivity contribution in [2.45, 2.75) is 0 Å². The summed E-state index contributed by atoms with van der Waals surface area (Å²) in [5.41, 5.74) is -0.193. The number of hydrogen-bond donors (Lipinski definition) is 2. The summed E-state index contributed by atoms with van der Waals surface area (Å²) in [4.78, 5) is 41.7. The van der Waals surface area contributed by atoms with Crippen molar-refractivity contribution in [2.75, 3.05) is 18.0 Å². The SMILES string of the molecule is O=C1CN(c2cnc(C(=O)O)cn2)CC(=O)N1. The molecular formula is C9H8N4O4. The zero-order chi connectivity index (χ0) is 12.4. The van der Waals surface area contributed by atoms with E-state index in [0.29, 0.717) is 5.82 Å². The molecule has 0 saturated carbocycles. The molecule has 1 aliphatic rings. The Labute approximate surface area is 95.3 Å². The Morgan fingerprint density at radius 3 is 2.35 bits per heavy atom. The maximum absolute atomic E-state index is 11.1. The zero-order valence-corrected chi connectivity index (χ0v) is 8.58. The number of carboxylic acid groups (broad SMARTS) is 1. The summed E-state index contributed by atoms with van der Waals surface area (Å²) in [6, 6.07) is 0. The molecule has 1 aromatic rings. The van der Waals surface area contributed by atoms with Crippen LogP contribution < -0.4 is 10.2 Å². The number of carboxylic acids is 1. The highest BCUT2D eigenvalue weighted by Crippen LogP contribution is 2.10. The molecule has 8 nitrogen and oxygen atoms in total. The van der Waals surface area contributed by atoms with Crippen LogP contribution >= 0.6 is 0 Å². The highest BCUT2D eigenvalue weighted by Gasteiger charge is 2.23. The smallest absolute Gasteiger partial charge is 0.356 e. The molecule has 1 fully saturated rings. The first-order chi connectivity index (χ1) is 8.06. The van der Waals surface area contributed by atoms with Crippen LogP contribution in [-0.2, 0) is 9.59 Å². The Hall–Kier alpha value is -2.51. The van der Waals surface area contributed by atoms with Crippen LogP contribution in [0.2, 0.25) is 0 Å². The van der Waals surface area contributed by atoms with Gasteiger partial charge in [0.2, 0.25) is 11.8 Å². The van der Waals surface area contributed by atoms with Crippen LogP contribution in [0.3, 0.4) is 0 Å². The van der Waals surface area contributed by atoms with E-state index in [4.69, 9.17) is 5.11 Å². The van der Waals surface area contributed by atoms with Gasteiger partial charge >= 0.3 is 5.97 Å². The minimum atomic E-state index is -1.18. The molecule has 0 bridgehead atoms. The van der Waals surface area contributed by atoms with E-state index < -0.39 is 17.8 Å². The van der Waals surface area contributed by atoms with Crippen LogP contribution in [0.15, 0.2) is 12.4 Å². The van der Waals surface area contributed by atoms with Gasteiger partial charge in [0.15, 0.2) is 5.69 Å². The number of aromatic carboxylic acids is 1. The van der Waals surface area contributed by atoms with E-state index in [1.807, 2.05) is 0 Å². The summed E-state index contributed by atoms with van der Waals surface area (Å²) in [6.45, 7) is -0.0142. The molecule has 0 radical (unpaired) electrons. The molecule has 0 aliphatic carbocycles. The van der Waals surface area contributed by atoms with Crippen LogP contribution in [0.25, 0.3) is 0 Å². The molecule has 0 unspecified atom stereocenters. The summed E-state index contributed by atoms with van der Waals surface area (Å²) >= 11 is 0. The molecule has 88 valence electrons. The quantitative estimate of drug-likeness (QED) is 0.609. The van der Waals surface area contributed by atoms with E-state index in [0.717, 1.165) is 6.20 Å². The summed E-state index contributed by atoms with van der Waals surface area (Å²) in [5, 5.41) is 10.8. The van der Waals surface area contributed by atoms with Crippen molar-refractivity contribution >= 4 is 23.6 Å². The van der Waals surface area contributed by atoms with Crippen LogP contribution in [0, 0.1) is 0 Å². The lowest BCUT2D eigenvalue weighted by molar-refractivity contribution is -0.130. The first kappa shape index (κ1) is 11.0. The number of hydrogen-bond acceptors (Lipinski definition) is 6. The molecular weight excluding hydrogens is 228 g/mol. The van der Waals surface area contributed by atoms with Gasteiger partial charge in [0.05, 0.1) is 25.5 Å². The zero-order valence-electron chi connectivity index (χ0n) is 8.58. The Balaban J connectivity index is 2.19. The van der Waals surface area contributed by atoms with Crippen molar-refractivity contribution < 1.29 is 19.5 Å². The number of amides is 2. The van der Waals surface area contributed by atoms with Gasteiger partial charge < -0.3 is 10.0 Å². The van der Waals surface area contributed by atoms with Gasteiger partial charge in [-0.05, 0) is 0 Å². The molecule has 1 saturated heterocycles. The number of piperazine rings is 1. The Kier molecular flexibility index (Phi) is 2.69. The molecule has 0 spiro atoms. The second-order valence-electron chi connectivity index (χ2n) is 3.39. The van der Waals surface area contributed by atoms with E-state index in [-0.39, 0.29) is 18.8 Å². The third-order valence-electron chi connectivity index (χ3n) is 2.13.